The molecule has 2 nitrogen and oxygen atoms in total. The van der Waals surface area contributed by atoms with Crippen molar-refractivity contribution in [2.24, 2.45) is 5.92 Å². The first-order chi connectivity index (χ1) is 4.43. The summed E-state index contributed by atoms with van der Waals surface area (Å²) in [7, 11) is 0. The van der Waals surface area contributed by atoms with Gasteiger partial charge in [-0.25, -0.2) is 5.16 Å². The SMILES string of the molecule is [O-][NH+]=CC1CCCCC1. The van der Waals surface area contributed by atoms with Gasteiger partial charge in [0.25, 0.3) is 0 Å². The Kier molecular flexibility index (Phi) is 2.55. The third kappa shape index (κ3) is 2.04. The van der Waals surface area contributed by atoms with Crippen molar-refractivity contribution < 1.29 is 5.16 Å². The van der Waals surface area contributed by atoms with Gasteiger partial charge in [0.15, 0.2) is 6.21 Å². The summed E-state index contributed by atoms with van der Waals surface area (Å²) in [6.45, 7) is 0. The van der Waals surface area contributed by atoms with Crippen LogP contribution in [0.25, 0.3) is 0 Å². The summed E-state index contributed by atoms with van der Waals surface area (Å²) < 4.78 is 0. The van der Waals surface area contributed by atoms with Gasteiger partial charge in [0.2, 0.25) is 0 Å². The number of nitrogens with one attached hydrogen (secondary N) is 1. The average Bonchev–Trinajstić information content (AvgIpc) is 1.91. The molecular weight excluding hydrogens is 114 g/mol. The third-order valence-electron chi connectivity index (χ3n) is 1.95. The van der Waals surface area contributed by atoms with Crippen molar-refractivity contribution in [3.8, 4) is 0 Å². The van der Waals surface area contributed by atoms with Gasteiger partial charge in [-0.1, -0.05) is 19.3 Å². The van der Waals surface area contributed by atoms with Crippen LogP contribution < -0.4 is 5.16 Å². The van der Waals surface area contributed by atoms with Crippen LogP contribution in [0.4, 0.5) is 0 Å². The highest BCUT2D eigenvalue weighted by atomic mass is 16.4. The Balaban J connectivity index is 2.23. The van der Waals surface area contributed by atoms with Crippen LogP contribution in [-0.4, -0.2) is 6.21 Å². The van der Waals surface area contributed by atoms with Crippen molar-refractivity contribution in [2.45, 2.75) is 32.1 Å². The molecule has 1 aliphatic carbocycles. The monoisotopic (exact) mass is 127 g/mol. The van der Waals surface area contributed by atoms with Gasteiger partial charge in [-0.15, -0.1) is 0 Å². The van der Waals surface area contributed by atoms with E-state index in [2.05, 4.69) is 0 Å². The van der Waals surface area contributed by atoms with E-state index in [4.69, 9.17) is 0 Å². The Hall–Kier alpha value is -0.530. The van der Waals surface area contributed by atoms with Gasteiger partial charge < -0.3 is 5.21 Å². The van der Waals surface area contributed by atoms with E-state index in [-0.39, 0.29) is 0 Å². The summed E-state index contributed by atoms with van der Waals surface area (Å²) in [5.74, 6) is 0.552. The molecule has 1 aliphatic rings. The average molecular weight is 127 g/mol. The van der Waals surface area contributed by atoms with Gasteiger partial charge in [0, 0.05) is 5.92 Å². The molecule has 2 heteroatoms. The molecule has 1 fully saturated rings. The molecule has 0 atom stereocenters. The number of hydrogen-bond acceptors (Lipinski definition) is 1. The zero-order chi connectivity index (χ0) is 6.53. The molecule has 0 bridgehead atoms. The smallest absolute Gasteiger partial charge is 0.151 e. The van der Waals surface area contributed by atoms with Crippen LogP contribution in [0, 0.1) is 11.1 Å². The maximum absolute atomic E-state index is 9.89. The lowest BCUT2D eigenvalue weighted by atomic mass is 9.90. The summed E-state index contributed by atoms with van der Waals surface area (Å²) in [5.41, 5.74) is 0. The lowest BCUT2D eigenvalue weighted by Gasteiger charge is -2.14. The van der Waals surface area contributed by atoms with Gasteiger partial charge in [0.05, 0.1) is 0 Å². The number of rotatable bonds is 1. The zero-order valence-electron chi connectivity index (χ0n) is 5.60. The van der Waals surface area contributed by atoms with E-state index >= 15 is 0 Å². The van der Waals surface area contributed by atoms with Crippen molar-refractivity contribution in [3.05, 3.63) is 5.21 Å². The van der Waals surface area contributed by atoms with Crippen LogP contribution in [0.2, 0.25) is 0 Å². The Morgan fingerprint density at radius 1 is 1.22 bits per heavy atom. The summed E-state index contributed by atoms with van der Waals surface area (Å²) in [6, 6.07) is 0. The molecule has 0 aromatic heterocycles. The first kappa shape index (κ1) is 6.59. The molecule has 0 aromatic rings. The van der Waals surface area contributed by atoms with Crippen LogP contribution in [-0.2, 0) is 0 Å². The van der Waals surface area contributed by atoms with E-state index in [1.165, 1.54) is 32.1 Å². The van der Waals surface area contributed by atoms with Gasteiger partial charge in [-0.05, 0) is 12.8 Å². The van der Waals surface area contributed by atoms with Crippen LogP contribution >= 0.6 is 0 Å². The van der Waals surface area contributed by atoms with E-state index in [0.29, 0.717) is 5.92 Å². The van der Waals surface area contributed by atoms with E-state index in [1.54, 1.807) is 6.21 Å². The van der Waals surface area contributed by atoms with Crippen LogP contribution in [0.15, 0.2) is 0 Å². The Morgan fingerprint density at radius 3 is 2.44 bits per heavy atom. The van der Waals surface area contributed by atoms with Gasteiger partial charge in [-0.2, -0.15) is 0 Å². The Morgan fingerprint density at radius 2 is 1.89 bits per heavy atom. The minimum Gasteiger partial charge on any atom is -0.626 e. The molecule has 0 saturated heterocycles. The molecular formula is C7H13NO. The molecule has 0 radical (unpaired) electrons. The van der Waals surface area contributed by atoms with Crippen molar-refractivity contribution in [3.63, 3.8) is 0 Å². The maximum atomic E-state index is 9.89. The van der Waals surface area contributed by atoms with Gasteiger partial charge >= 0.3 is 0 Å². The first-order valence-electron chi connectivity index (χ1n) is 3.64. The van der Waals surface area contributed by atoms with E-state index in [1.807, 2.05) is 5.16 Å². The second kappa shape index (κ2) is 3.49. The lowest BCUT2D eigenvalue weighted by Crippen LogP contribution is -2.61. The maximum Gasteiger partial charge on any atom is 0.151 e. The molecule has 0 amide bonds. The molecule has 0 aromatic carbocycles. The summed E-state index contributed by atoms with van der Waals surface area (Å²) in [6.07, 6.45) is 8.03. The van der Waals surface area contributed by atoms with Gasteiger partial charge in [-0.3, -0.25) is 0 Å². The molecule has 0 heterocycles. The molecule has 0 aliphatic heterocycles. The highest BCUT2D eigenvalue weighted by Gasteiger charge is 2.11. The summed E-state index contributed by atoms with van der Waals surface area (Å²) >= 11 is 0. The molecule has 1 N–H and O–H groups in total. The van der Waals surface area contributed by atoms with Crippen molar-refractivity contribution in [2.75, 3.05) is 0 Å². The van der Waals surface area contributed by atoms with Crippen LogP contribution in [0.5, 0.6) is 0 Å². The van der Waals surface area contributed by atoms with Crippen molar-refractivity contribution >= 4 is 6.21 Å². The standard InChI is InChI=1S/C7H13NO/c9-8-6-7-4-2-1-3-5-7/h6-8H,1-5H2. The quantitative estimate of drug-likeness (QED) is 0.305. The first-order valence-corrected chi connectivity index (χ1v) is 3.64. The second-order valence-electron chi connectivity index (χ2n) is 2.68. The molecule has 52 valence electrons. The molecule has 9 heavy (non-hydrogen) atoms. The largest absolute Gasteiger partial charge is 0.626 e. The van der Waals surface area contributed by atoms with Crippen LogP contribution in [0.3, 0.4) is 0 Å². The zero-order valence-corrected chi connectivity index (χ0v) is 5.60. The topological polar surface area (TPSA) is 37.0 Å². The van der Waals surface area contributed by atoms with E-state index in [0.717, 1.165) is 0 Å². The van der Waals surface area contributed by atoms with Gasteiger partial charge in [0.1, 0.15) is 0 Å². The molecule has 0 spiro atoms. The molecule has 0 unspecified atom stereocenters. The molecule has 1 rings (SSSR count). The highest BCUT2D eigenvalue weighted by molar-refractivity contribution is 5.54. The fraction of sp³-hybridized carbons (Fsp3) is 0.857. The normalized spacial score (nSPS) is 23.1. The minimum atomic E-state index is 0.552. The fourth-order valence-corrected chi connectivity index (χ4v) is 1.40. The second-order valence-corrected chi connectivity index (χ2v) is 2.68. The van der Waals surface area contributed by atoms with Crippen LogP contribution in [0.1, 0.15) is 32.1 Å². The Bertz CT molecular complexity index is 95.1. The van der Waals surface area contributed by atoms with E-state index < -0.39 is 0 Å². The number of hydrogen-bond donors (Lipinski definition) is 1. The predicted octanol–water partition coefficient (Wildman–Crippen LogP) is 0.216. The summed E-state index contributed by atoms with van der Waals surface area (Å²) in [5, 5.41) is 11.8. The predicted molar refractivity (Wildman–Crippen MR) is 37.0 cm³/mol. The highest BCUT2D eigenvalue weighted by Crippen LogP contribution is 2.20. The molecule has 1 saturated carbocycles. The fourth-order valence-electron chi connectivity index (χ4n) is 1.40. The minimum absolute atomic E-state index is 0.552. The van der Waals surface area contributed by atoms with E-state index in [9.17, 15) is 5.21 Å². The summed E-state index contributed by atoms with van der Waals surface area (Å²) in [4.78, 5) is 0. The van der Waals surface area contributed by atoms with Crippen molar-refractivity contribution in [1.29, 1.82) is 0 Å². The lowest BCUT2D eigenvalue weighted by molar-refractivity contribution is -0.370. The third-order valence-corrected chi connectivity index (χ3v) is 1.95. The van der Waals surface area contributed by atoms with Crippen molar-refractivity contribution in [1.82, 2.24) is 0 Å². The Labute approximate surface area is 55.6 Å².